The molecule has 61 heavy (non-hydrogen) atoms. The van der Waals surface area contributed by atoms with Crippen molar-refractivity contribution in [2.45, 2.75) is 127 Å². The van der Waals surface area contributed by atoms with Crippen LogP contribution in [0.15, 0.2) is 71.8 Å². The van der Waals surface area contributed by atoms with Gasteiger partial charge in [0.25, 0.3) is 0 Å². The molecule has 18 heteroatoms. The first-order valence-corrected chi connectivity index (χ1v) is 19.7. The van der Waals surface area contributed by atoms with E-state index in [2.05, 4.69) is 10.1 Å². The van der Waals surface area contributed by atoms with Crippen LogP contribution in [0.5, 0.6) is 0 Å². The normalized spacial score (nSPS) is 32.9. The molecule has 1 unspecified atom stereocenters. The van der Waals surface area contributed by atoms with E-state index in [1.165, 1.54) is 64.1 Å². The fourth-order valence-corrected chi connectivity index (χ4v) is 9.57. The number of alkyl halides is 3. The Hall–Kier alpha value is -4.88. The second-order valence-electron chi connectivity index (χ2n) is 17.5. The summed E-state index contributed by atoms with van der Waals surface area (Å²) in [5.74, 6) is -5.88. The van der Waals surface area contributed by atoms with Crippen molar-refractivity contribution in [3.63, 3.8) is 0 Å². The fourth-order valence-electron chi connectivity index (χ4n) is 9.57. The molecule has 1 saturated heterocycles. The molecule has 0 aromatic heterocycles. The van der Waals surface area contributed by atoms with Crippen molar-refractivity contribution in [1.82, 2.24) is 5.32 Å². The van der Waals surface area contributed by atoms with Crippen LogP contribution in [0.4, 0.5) is 18.0 Å². The lowest BCUT2D eigenvalue weighted by Gasteiger charge is -2.67. The van der Waals surface area contributed by atoms with Gasteiger partial charge in [0.2, 0.25) is 5.60 Å². The van der Waals surface area contributed by atoms with E-state index in [0.29, 0.717) is 13.8 Å². The van der Waals surface area contributed by atoms with Crippen LogP contribution in [0.1, 0.15) is 83.3 Å². The summed E-state index contributed by atoms with van der Waals surface area (Å²) in [7, 11) is 0. The smallest absolute Gasteiger partial charge is 0.427 e. The van der Waals surface area contributed by atoms with Crippen LogP contribution in [0.2, 0.25) is 0 Å². The highest BCUT2D eigenvalue weighted by Crippen LogP contribution is 2.64. The summed E-state index contributed by atoms with van der Waals surface area (Å²) < 4.78 is 69.3. The molecule has 332 valence electrons. The number of carbonyl (C=O) groups is 5. The van der Waals surface area contributed by atoms with Gasteiger partial charge in [-0.1, -0.05) is 62.4 Å². The minimum Gasteiger partial charge on any atom is -0.456 e. The van der Waals surface area contributed by atoms with Gasteiger partial charge in [-0.05, 0) is 56.5 Å². The molecule has 5 N–H and O–H groups in total. The number of ketones is 1. The molecular formula is C43H50F3NO14. The predicted octanol–water partition coefficient (Wildman–Crippen LogP) is 3.80. The Labute approximate surface area is 349 Å². The zero-order chi connectivity index (χ0) is 45.2. The number of ether oxygens (including phenoxy) is 5. The van der Waals surface area contributed by atoms with Crippen molar-refractivity contribution in [2.24, 2.45) is 16.7 Å². The van der Waals surface area contributed by atoms with Gasteiger partial charge in [0.05, 0.1) is 35.6 Å². The molecule has 0 radical (unpaired) electrons. The van der Waals surface area contributed by atoms with E-state index < -0.39 is 119 Å². The first-order chi connectivity index (χ1) is 28.2. The number of nitrogens with one attached hydrogen (secondary N) is 1. The molecule has 6 rings (SSSR count). The number of rotatable bonds is 9. The van der Waals surface area contributed by atoms with Crippen molar-refractivity contribution < 1.29 is 81.3 Å². The molecule has 2 aromatic carbocycles. The molecule has 2 aromatic rings. The van der Waals surface area contributed by atoms with Gasteiger partial charge in [0, 0.05) is 25.2 Å². The Morgan fingerprint density at radius 2 is 1.54 bits per heavy atom. The Kier molecular flexibility index (Phi) is 11.8. The molecule has 2 saturated carbocycles. The molecule has 1 aliphatic heterocycles. The summed E-state index contributed by atoms with van der Waals surface area (Å²) >= 11 is 0. The maximum absolute atomic E-state index is 14.9. The van der Waals surface area contributed by atoms with E-state index >= 15 is 0 Å². The highest BCUT2D eigenvalue weighted by Gasteiger charge is 2.78. The van der Waals surface area contributed by atoms with Gasteiger partial charge >= 0.3 is 30.2 Å². The number of aliphatic hydroxyl groups excluding tert-OH is 3. The predicted molar refractivity (Wildman–Crippen MR) is 204 cm³/mol. The fraction of sp³-hybridized carbons (Fsp3) is 0.558. The van der Waals surface area contributed by atoms with Crippen molar-refractivity contribution in [1.29, 1.82) is 0 Å². The minimum atomic E-state index is -4.99. The molecule has 1 amide bonds. The number of halogens is 3. The Balaban J connectivity index is 1.46. The van der Waals surface area contributed by atoms with E-state index in [0.717, 1.165) is 6.92 Å². The van der Waals surface area contributed by atoms with E-state index in [9.17, 15) is 57.6 Å². The number of hydrogen-bond acceptors (Lipinski definition) is 14. The Morgan fingerprint density at radius 1 is 0.951 bits per heavy atom. The molecule has 1 heterocycles. The van der Waals surface area contributed by atoms with Crippen LogP contribution in [-0.2, 0) is 38.1 Å². The Bertz CT molecular complexity index is 2090. The zero-order valence-corrected chi connectivity index (χ0v) is 34.5. The third-order valence-corrected chi connectivity index (χ3v) is 13.2. The van der Waals surface area contributed by atoms with Gasteiger partial charge in [-0.3, -0.25) is 9.59 Å². The van der Waals surface area contributed by atoms with Crippen LogP contribution in [0.3, 0.4) is 0 Å². The summed E-state index contributed by atoms with van der Waals surface area (Å²) in [6.07, 6.45) is -18.2. The molecular weight excluding hydrogens is 811 g/mol. The van der Waals surface area contributed by atoms with Crippen molar-refractivity contribution in [3.05, 3.63) is 82.9 Å². The third kappa shape index (κ3) is 7.49. The number of esters is 3. The largest absolute Gasteiger partial charge is 0.456 e. The molecule has 2 bridgehead atoms. The van der Waals surface area contributed by atoms with Crippen molar-refractivity contribution in [3.8, 4) is 0 Å². The van der Waals surface area contributed by atoms with Gasteiger partial charge in [-0.2, -0.15) is 13.2 Å². The van der Waals surface area contributed by atoms with Crippen molar-refractivity contribution >= 4 is 29.8 Å². The number of fused-ring (bicyclic) bond motifs is 5. The topological polar surface area (TPSA) is 224 Å². The van der Waals surface area contributed by atoms with Gasteiger partial charge < -0.3 is 49.4 Å². The third-order valence-electron chi connectivity index (χ3n) is 13.2. The SMILES string of the molecule is CC(=O)O[C@@]12CO[C@@H]1C[C@@H](O)[C@@]1(C)C(=O)[C@H](O)C3=C(C)[C@@H](OC(=O)[C@H](O)[C@@H](NC(=O)OC(C)(C)C(F)(F)F)c4ccccc4)C[C@@](O)([C@@H](OC(=O)c4ccccc4)C12)C3(C)C. The van der Waals surface area contributed by atoms with E-state index in [1.54, 1.807) is 24.3 Å². The maximum atomic E-state index is 14.9. The monoisotopic (exact) mass is 861 g/mol. The molecule has 15 nitrogen and oxygen atoms in total. The van der Waals surface area contributed by atoms with Crippen LogP contribution in [0.25, 0.3) is 0 Å². The first-order valence-electron chi connectivity index (χ1n) is 19.7. The van der Waals surface area contributed by atoms with E-state index in [4.69, 9.17) is 18.9 Å². The lowest BCUT2D eigenvalue weighted by atomic mass is 9.44. The van der Waals surface area contributed by atoms with Gasteiger partial charge in [-0.25, -0.2) is 14.4 Å². The summed E-state index contributed by atoms with van der Waals surface area (Å²) in [5.41, 5.74) is -11.1. The van der Waals surface area contributed by atoms with Crippen LogP contribution in [-0.4, -0.2) is 116 Å². The average Bonchev–Trinajstić information content (AvgIpc) is 3.18. The number of aliphatic hydroxyl groups is 4. The lowest BCUT2D eigenvalue weighted by Crippen LogP contribution is -2.81. The first kappa shape index (κ1) is 45.6. The number of amides is 1. The van der Waals surface area contributed by atoms with E-state index in [-0.39, 0.29) is 35.3 Å². The second kappa shape index (κ2) is 15.8. The van der Waals surface area contributed by atoms with Crippen LogP contribution >= 0.6 is 0 Å². The molecule has 0 spiro atoms. The highest BCUT2D eigenvalue weighted by molar-refractivity contribution is 5.94. The standard InChI is InChI=1S/C43H50F3NO14/c1-21-25(58-36(54)31(51)29(23-14-10-8-11-15-23)47-37(55)61-39(5,6)43(44,45)46)19-42(56)34(59-35(53)24-16-12-9-13-17-24)32-40(7,33(52)30(50)28(21)38(42,3)4)26(49)18-27-41(32,20-57-27)60-22(2)48/h8-17,25-27,29-32,34,49-51,56H,18-20H2,1-7H3,(H,47,55)/t25-,26+,27+,29-,30+,31+,32?,34-,40+,41-,42+/m0/s1. The molecule has 3 aliphatic carbocycles. The quantitative estimate of drug-likeness (QED) is 0.138. The number of alkyl carbamates (subject to hydrolysis) is 1. The van der Waals surface area contributed by atoms with Crippen molar-refractivity contribution in [2.75, 3.05) is 6.61 Å². The van der Waals surface area contributed by atoms with Crippen LogP contribution < -0.4 is 5.32 Å². The summed E-state index contributed by atoms with van der Waals surface area (Å²) in [6, 6.07) is 13.1. The van der Waals surface area contributed by atoms with Gasteiger partial charge in [0.15, 0.2) is 17.5 Å². The lowest BCUT2D eigenvalue weighted by molar-refractivity contribution is -0.346. The van der Waals surface area contributed by atoms with Gasteiger partial charge in [-0.15, -0.1) is 0 Å². The second-order valence-corrected chi connectivity index (χ2v) is 17.5. The average molecular weight is 862 g/mol. The summed E-state index contributed by atoms with van der Waals surface area (Å²) in [4.78, 5) is 68.8. The zero-order valence-electron chi connectivity index (χ0n) is 34.5. The minimum absolute atomic E-state index is 0.0174. The summed E-state index contributed by atoms with van der Waals surface area (Å²) in [6.45, 7) is 7.63. The number of Topliss-reactive ketones (excluding diaryl/α,β-unsaturated/α-hetero) is 1. The molecule has 11 atom stereocenters. The number of benzene rings is 2. The summed E-state index contributed by atoms with van der Waals surface area (Å²) in [5, 5.41) is 51.0. The number of carbonyl (C=O) groups excluding carboxylic acids is 5. The van der Waals surface area contributed by atoms with Gasteiger partial charge in [0.1, 0.15) is 30.0 Å². The maximum Gasteiger partial charge on any atom is 0.427 e. The number of hydrogen-bond donors (Lipinski definition) is 5. The highest BCUT2D eigenvalue weighted by atomic mass is 19.4. The Morgan fingerprint density at radius 3 is 2.08 bits per heavy atom. The van der Waals surface area contributed by atoms with Crippen LogP contribution in [0, 0.1) is 16.7 Å². The molecule has 4 aliphatic rings. The molecule has 3 fully saturated rings. The van der Waals surface area contributed by atoms with E-state index in [1.807, 2.05) is 0 Å².